The van der Waals surface area contributed by atoms with Gasteiger partial charge < -0.3 is 0 Å². The van der Waals surface area contributed by atoms with E-state index in [4.69, 9.17) is 11.6 Å². The maximum Gasteiger partial charge on any atom is 0.409 e. The van der Waals surface area contributed by atoms with E-state index in [-0.39, 0.29) is 17.1 Å². The van der Waals surface area contributed by atoms with Gasteiger partial charge in [0.1, 0.15) is 6.04 Å². The van der Waals surface area contributed by atoms with Gasteiger partial charge in [0.25, 0.3) is 0 Å². The minimum atomic E-state index is -4.56. The maximum atomic E-state index is 13.7. The molecule has 0 aromatic heterocycles. The second-order valence-corrected chi connectivity index (χ2v) is 7.03. The molecule has 0 radical (unpaired) electrons. The van der Waals surface area contributed by atoms with Gasteiger partial charge in [0.15, 0.2) is 0 Å². The summed E-state index contributed by atoms with van der Waals surface area (Å²) in [5, 5.41) is 2.51. The topological polar surface area (TPSA) is 32.3 Å². The summed E-state index contributed by atoms with van der Waals surface area (Å²) in [4.78, 5) is 11.9. The second kappa shape index (κ2) is 5.63. The molecule has 2 aromatic carbocycles. The van der Waals surface area contributed by atoms with Crippen molar-refractivity contribution in [3.05, 3.63) is 47.0 Å². The molecule has 1 unspecified atom stereocenters. The van der Waals surface area contributed by atoms with Crippen molar-refractivity contribution in [2.75, 3.05) is 6.54 Å². The summed E-state index contributed by atoms with van der Waals surface area (Å²) < 4.78 is 41.2. The fraction of sp³-hybridized carbons (Fsp3) is 0.353. The third-order valence-electron chi connectivity index (χ3n) is 4.20. The van der Waals surface area contributed by atoms with Crippen LogP contribution in [0.3, 0.4) is 0 Å². The minimum absolute atomic E-state index is 0.00389. The number of alkyl halides is 3. The summed E-state index contributed by atoms with van der Waals surface area (Å²) in [6, 6.07) is 7.82. The number of carbonyl (C=O) groups is 1. The number of hydrazine groups is 1. The van der Waals surface area contributed by atoms with Crippen LogP contribution in [0.2, 0.25) is 5.02 Å². The van der Waals surface area contributed by atoms with Gasteiger partial charge in [-0.05, 0) is 36.9 Å². The predicted octanol–water partition coefficient (Wildman–Crippen LogP) is 4.47. The number of fused-ring (bicyclic) bond motifs is 1. The summed E-state index contributed by atoms with van der Waals surface area (Å²) in [5.74, 6) is -0.427. The summed E-state index contributed by atoms with van der Waals surface area (Å²) in [7, 11) is 0. The summed E-state index contributed by atoms with van der Waals surface area (Å²) >= 11 is 6.17. The molecule has 7 heteroatoms. The second-order valence-electron chi connectivity index (χ2n) is 6.62. The van der Waals surface area contributed by atoms with E-state index in [1.807, 2.05) is 0 Å². The fourth-order valence-corrected chi connectivity index (χ4v) is 3.26. The van der Waals surface area contributed by atoms with E-state index in [2.05, 4.69) is 5.43 Å². The maximum absolute atomic E-state index is 13.7. The number of rotatable bonds is 2. The Hall–Kier alpha value is -1.79. The van der Waals surface area contributed by atoms with Gasteiger partial charge in [0, 0.05) is 17.0 Å². The molecule has 1 N–H and O–H groups in total. The normalized spacial score (nSPS) is 19.5. The van der Waals surface area contributed by atoms with Crippen LogP contribution in [0.4, 0.5) is 13.2 Å². The molecule has 0 saturated carbocycles. The van der Waals surface area contributed by atoms with E-state index >= 15 is 0 Å². The van der Waals surface area contributed by atoms with Crippen LogP contribution in [-0.2, 0) is 4.79 Å². The Kier molecular flexibility index (Phi) is 4.00. The first-order valence-electron chi connectivity index (χ1n) is 7.42. The predicted molar refractivity (Wildman–Crippen MR) is 86.4 cm³/mol. The molecule has 1 aliphatic heterocycles. The quantitative estimate of drug-likeness (QED) is 0.861. The number of nitrogens with zero attached hydrogens (tertiary/aromatic N) is 1. The minimum Gasteiger partial charge on any atom is -0.287 e. The van der Waals surface area contributed by atoms with E-state index in [0.29, 0.717) is 10.8 Å². The molecule has 3 nitrogen and oxygen atoms in total. The summed E-state index contributed by atoms with van der Waals surface area (Å²) in [6.07, 6.45) is -4.56. The number of nitrogens with one attached hydrogen (secondary N) is 1. The highest BCUT2D eigenvalue weighted by atomic mass is 35.5. The van der Waals surface area contributed by atoms with E-state index in [1.54, 1.807) is 38.1 Å². The highest BCUT2D eigenvalue weighted by molar-refractivity contribution is 6.35. The number of amides is 1. The molecule has 0 spiro atoms. The molecule has 1 fully saturated rings. The van der Waals surface area contributed by atoms with Crippen LogP contribution >= 0.6 is 11.6 Å². The average Bonchev–Trinajstić information content (AvgIpc) is 2.70. The van der Waals surface area contributed by atoms with Gasteiger partial charge in [-0.2, -0.15) is 13.2 Å². The molecule has 24 heavy (non-hydrogen) atoms. The SMILES string of the molecule is CC1(C)CN(C(c2cc(Cl)c3ccccc3c2)C(F)(F)F)NC1=O. The van der Waals surface area contributed by atoms with Crippen molar-refractivity contribution in [2.45, 2.75) is 26.1 Å². The van der Waals surface area contributed by atoms with Crippen molar-refractivity contribution in [1.29, 1.82) is 0 Å². The first kappa shape index (κ1) is 17.0. The lowest BCUT2D eigenvalue weighted by Crippen LogP contribution is -2.43. The van der Waals surface area contributed by atoms with Gasteiger partial charge in [0.05, 0.1) is 5.41 Å². The van der Waals surface area contributed by atoms with Gasteiger partial charge >= 0.3 is 6.18 Å². The van der Waals surface area contributed by atoms with Gasteiger partial charge in [-0.15, -0.1) is 0 Å². The van der Waals surface area contributed by atoms with Crippen LogP contribution in [0.25, 0.3) is 10.8 Å². The van der Waals surface area contributed by atoms with Gasteiger partial charge in [-0.3, -0.25) is 10.2 Å². The van der Waals surface area contributed by atoms with Crippen LogP contribution < -0.4 is 5.43 Å². The lowest BCUT2D eigenvalue weighted by Gasteiger charge is -2.30. The van der Waals surface area contributed by atoms with Gasteiger partial charge in [0.2, 0.25) is 5.91 Å². The fourth-order valence-electron chi connectivity index (χ4n) is 2.96. The monoisotopic (exact) mass is 356 g/mol. The molecule has 1 atom stereocenters. The van der Waals surface area contributed by atoms with Crippen molar-refractivity contribution in [2.24, 2.45) is 5.41 Å². The molecule has 2 aromatic rings. The van der Waals surface area contributed by atoms with Crippen LogP contribution in [0, 0.1) is 5.41 Å². The third-order valence-corrected chi connectivity index (χ3v) is 4.51. The first-order valence-corrected chi connectivity index (χ1v) is 7.80. The third kappa shape index (κ3) is 2.96. The zero-order chi connectivity index (χ0) is 17.7. The van der Waals surface area contributed by atoms with Gasteiger partial charge in [-0.1, -0.05) is 35.9 Å². The van der Waals surface area contributed by atoms with Crippen molar-refractivity contribution >= 4 is 28.3 Å². The highest BCUT2D eigenvalue weighted by Gasteiger charge is 2.51. The molecule has 0 aliphatic carbocycles. The van der Waals surface area contributed by atoms with E-state index in [0.717, 1.165) is 5.01 Å². The molecule has 3 rings (SSSR count). The van der Waals surface area contributed by atoms with Crippen LogP contribution in [-0.4, -0.2) is 23.6 Å². The molecule has 128 valence electrons. The smallest absolute Gasteiger partial charge is 0.287 e. The summed E-state index contributed by atoms with van der Waals surface area (Å²) in [6.45, 7) is 3.19. The number of benzene rings is 2. The summed E-state index contributed by atoms with van der Waals surface area (Å²) in [5.41, 5.74) is 1.47. The zero-order valence-corrected chi connectivity index (χ0v) is 13.9. The molecule has 1 amide bonds. The van der Waals surface area contributed by atoms with Crippen molar-refractivity contribution < 1.29 is 18.0 Å². The molecule has 1 aliphatic rings. The Morgan fingerprint density at radius 1 is 1.25 bits per heavy atom. The van der Waals surface area contributed by atoms with E-state index in [9.17, 15) is 18.0 Å². The van der Waals surface area contributed by atoms with E-state index in [1.165, 1.54) is 12.1 Å². The number of hydrogen-bond donors (Lipinski definition) is 1. The standard InChI is InChI=1S/C17H16ClF3N2O/c1-16(2)9-23(22-15(16)24)14(17(19,20)21)11-7-10-5-3-4-6-12(10)13(18)8-11/h3-8,14H,9H2,1-2H3,(H,22,24). The number of carbonyl (C=O) groups excluding carboxylic acids is 1. The molecular weight excluding hydrogens is 341 g/mol. The van der Waals surface area contributed by atoms with Crippen molar-refractivity contribution in [3.8, 4) is 0 Å². The van der Waals surface area contributed by atoms with Crippen LogP contribution in [0.5, 0.6) is 0 Å². The zero-order valence-electron chi connectivity index (χ0n) is 13.1. The van der Waals surface area contributed by atoms with Crippen molar-refractivity contribution in [1.82, 2.24) is 10.4 Å². The van der Waals surface area contributed by atoms with Gasteiger partial charge in [-0.25, -0.2) is 5.01 Å². The molecule has 0 bridgehead atoms. The number of hydrogen-bond acceptors (Lipinski definition) is 2. The molecule has 1 saturated heterocycles. The Balaban J connectivity index is 2.10. The lowest BCUT2D eigenvalue weighted by atomic mass is 9.93. The Morgan fingerprint density at radius 3 is 2.50 bits per heavy atom. The first-order chi connectivity index (χ1) is 11.1. The number of halogens is 4. The molecular formula is C17H16ClF3N2O. The Bertz CT molecular complexity index is 804. The molecule has 1 heterocycles. The largest absolute Gasteiger partial charge is 0.409 e. The highest BCUT2D eigenvalue weighted by Crippen LogP contribution is 2.42. The van der Waals surface area contributed by atoms with Crippen molar-refractivity contribution in [3.63, 3.8) is 0 Å². The average molecular weight is 357 g/mol. The van der Waals surface area contributed by atoms with Crippen LogP contribution in [0.1, 0.15) is 25.5 Å². The van der Waals surface area contributed by atoms with E-state index < -0.39 is 23.5 Å². The van der Waals surface area contributed by atoms with Crippen LogP contribution in [0.15, 0.2) is 36.4 Å². The Labute approximate surface area is 142 Å². The Morgan fingerprint density at radius 2 is 1.92 bits per heavy atom. The lowest BCUT2D eigenvalue weighted by molar-refractivity contribution is -0.191.